The third-order valence-electron chi connectivity index (χ3n) is 4.50. The van der Waals surface area contributed by atoms with Gasteiger partial charge in [0.2, 0.25) is 11.8 Å². The number of carbonyl (C=O) groups excluding carboxylic acids is 1. The summed E-state index contributed by atoms with van der Waals surface area (Å²) in [4.78, 5) is 12.4. The van der Waals surface area contributed by atoms with Crippen LogP contribution in [0.3, 0.4) is 0 Å². The van der Waals surface area contributed by atoms with Gasteiger partial charge in [0.25, 0.3) is 0 Å². The summed E-state index contributed by atoms with van der Waals surface area (Å²) >= 11 is 3.22. The van der Waals surface area contributed by atoms with Crippen LogP contribution in [0.15, 0.2) is 34.8 Å². The Hall–Kier alpha value is -2.81. The minimum atomic E-state index is -0.347. The quantitative estimate of drug-likeness (QED) is 0.687. The van der Waals surface area contributed by atoms with Gasteiger partial charge in [0, 0.05) is 24.0 Å². The van der Waals surface area contributed by atoms with Crippen LogP contribution in [0.1, 0.15) is 29.2 Å². The van der Waals surface area contributed by atoms with Gasteiger partial charge in [-0.2, -0.15) is 9.78 Å². The molecule has 7 nitrogen and oxygen atoms in total. The first-order valence-electron chi connectivity index (χ1n) is 8.20. The number of aromatic nitrogens is 4. The van der Waals surface area contributed by atoms with Gasteiger partial charge >= 0.3 is 0 Å². The molecule has 1 aliphatic rings. The van der Waals surface area contributed by atoms with Gasteiger partial charge < -0.3 is 10.1 Å². The molecule has 1 aromatic carbocycles. The number of ether oxygens (including phenoxy) is 1. The Bertz CT molecular complexity index is 1030. The lowest BCUT2D eigenvalue weighted by Gasteiger charge is -2.24. The number of fused-ring (bicyclic) bond motifs is 1. The minimum Gasteiger partial charge on any atom is -0.480 e. The van der Waals surface area contributed by atoms with Gasteiger partial charge in [0.15, 0.2) is 5.82 Å². The Balaban J connectivity index is 1.83. The highest BCUT2D eigenvalue weighted by atomic mass is 79.9. The van der Waals surface area contributed by atoms with Gasteiger partial charge in [-0.25, -0.2) is 4.39 Å². The van der Waals surface area contributed by atoms with E-state index in [9.17, 15) is 9.18 Å². The molecule has 3 aromatic rings. The van der Waals surface area contributed by atoms with Crippen LogP contribution in [0.4, 0.5) is 10.2 Å². The Morgan fingerprint density at radius 1 is 1.30 bits per heavy atom. The van der Waals surface area contributed by atoms with Crippen LogP contribution in [0, 0.1) is 12.7 Å². The molecule has 1 aliphatic heterocycles. The van der Waals surface area contributed by atoms with Crippen LogP contribution in [0.5, 0.6) is 5.88 Å². The summed E-state index contributed by atoms with van der Waals surface area (Å²) in [6.45, 7) is 1.87. The van der Waals surface area contributed by atoms with Crippen LogP contribution in [-0.4, -0.2) is 33.0 Å². The van der Waals surface area contributed by atoms with Crippen molar-refractivity contribution >= 4 is 27.7 Å². The van der Waals surface area contributed by atoms with Crippen LogP contribution in [0.2, 0.25) is 0 Å². The molecule has 3 heterocycles. The molecule has 0 aliphatic carbocycles. The van der Waals surface area contributed by atoms with E-state index in [1.165, 1.54) is 13.2 Å². The van der Waals surface area contributed by atoms with E-state index in [1.807, 2.05) is 6.92 Å². The molecule has 0 spiro atoms. The number of amides is 1. The number of methoxy groups -OCH3 is 1. The lowest BCUT2D eigenvalue weighted by atomic mass is 9.86. The van der Waals surface area contributed by atoms with Gasteiger partial charge in [-0.1, -0.05) is 6.07 Å². The van der Waals surface area contributed by atoms with Crippen molar-refractivity contribution in [3.8, 4) is 11.7 Å². The first-order chi connectivity index (χ1) is 13.0. The predicted molar refractivity (Wildman–Crippen MR) is 99.6 cm³/mol. The van der Waals surface area contributed by atoms with E-state index in [4.69, 9.17) is 4.74 Å². The molecule has 9 heteroatoms. The van der Waals surface area contributed by atoms with Gasteiger partial charge in [0.1, 0.15) is 11.6 Å². The zero-order valence-electron chi connectivity index (χ0n) is 14.5. The topological polar surface area (TPSA) is 81.9 Å². The molecule has 0 saturated carbocycles. The molecule has 0 bridgehead atoms. The number of halogens is 2. The largest absolute Gasteiger partial charge is 0.480 e. The number of nitrogens with zero attached hydrogens (tertiary/aromatic N) is 4. The fraction of sp³-hybridized carbons (Fsp3) is 0.222. The summed E-state index contributed by atoms with van der Waals surface area (Å²) < 4.78 is 20.6. The molecule has 1 amide bonds. The maximum Gasteiger partial charge on any atom is 0.233 e. The average Bonchev–Trinajstić information content (AvgIpc) is 3.00. The molecule has 0 radical (unpaired) electrons. The highest BCUT2D eigenvalue weighted by Gasteiger charge is 2.33. The van der Waals surface area contributed by atoms with Crippen LogP contribution < -0.4 is 10.1 Å². The standard InChI is InChI=1S/C18H15BrFN5O2/c1-9-17-11(10-3-4-13(20)12(19)7-10)8-15(26)21-18(17)25(24-9)14-5-6-16(27-2)23-22-14/h3-7,11H,8H2,1-2H3,(H,21,26)/t11-/m1/s1. The molecule has 27 heavy (non-hydrogen) atoms. The van der Waals surface area contributed by atoms with Crippen LogP contribution >= 0.6 is 15.9 Å². The highest BCUT2D eigenvalue weighted by molar-refractivity contribution is 9.10. The third-order valence-corrected chi connectivity index (χ3v) is 5.11. The normalized spacial score (nSPS) is 16.0. The summed E-state index contributed by atoms with van der Waals surface area (Å²) in [6, 6.07) is 8.16. The molecular weight excluding hydrogens is 417 g/mol. The number of carbonyl (C=O) groups is 1. The number of hydrogen-bond donors (Lipinski definition) is 1. The van der Waals surface area contributed by atoms with Gasteiger partial charge in [-0.3, -0.25) is 4.79 Å². The second-order valence-electron chi connectivity index (χ2n) is 6.17. The van der Waals surface area contributed by atoms with E-state index in [2.05, 4.69) is 36.5 Å². The zero-order valence-corrected chi connectivity index (χ0v) is 16.1. The molecule has 138 valence electrons. The Morgan fingerprint density at radius 2 is 2.11 bits per heavy atom. The Labute approximate surface area is 162 Å². The Kier molecular flexibility index (Phi) is 4.39. The van der Waals surface area contributed by atoms with Crippen LogP contribution in [-0.2, 0) is 4.79 Å². The van der Waals surface area contributed by atoms with Crippen molar-refractivity contribution in [3.63, 3.8) is 0 Å². The molecule has 0 saturated heterocycles. The Morgan fingerprint density at radius 3 is 2.78 bits per heavy atom. The molecule has 0 fully saturated rings. The SMILES string of the molecule is COc1ccc(-n2nc(C)c3c2NC(=O)C[C@@H]3c2ccc(F)c(Br)c2)nn1. The number of nitrogens with one attached hydrogen (secondary N) is 1. The lowest BCUT2D eigenvalue weighted by molar-refractivity contribution is -0.116. The smallest absolute Gasteiger partial charge is 0.233 e. The number of anilines is 1. The van der Waals surface area contributed by atoms with Gasteiger partial charge in [-0.05, 0) is 46.6 Å². The first kappa shape index (κ1) is 17.6. The highest BCUT2D eigenvalue weighted by Crippen LogP contribution is 2.40. The maximum absolute atomic E-state index is 13.6. The van der Waals surface area contributed by atoms with Crippen molar-refractivity contribution in [1.29, 1.82) is 0 Å². The fourth-order valence-electron chi connectivity index (χ4n) is 3.26. The monoisotopic (exact) mass is 431 g/mol. The molecule has 1 atom stereocenters. The van der Waals surface area contributed by atoms with Crippen molar-refractivity contribution in [3.05, 3.63) is 57.4 Å². The number of aryl methyl sites for hydroxylation is 1. The van der Waals surface area contributed by atoms with E-state index in [-0.39, 0.29) is 24.1 Å². The molecular formula is C18H15BrFN5O2. The average molecular weight is 432 g/mol. The molecule has 0 unspecified atom stereocenters. The van der Waals surface area contributed by atoms with Crippen molar-refractivity contribution in [2.45, 2.75) is 19.3 Å². The summed E-state index contributed by atoms with van der Waals surface area (Å²) in [5.74, 6) is 0.672. The van der Waals surface area contributed by atoms with E-state index >= 15 is 0 Å². The summed E-state index contributed by atoms with van der Waals surface area (Å²) in [7, 11) is 1.51. The summed E-state index contributed by atoms with van der Waals surface area (Å²) in [5.41, 5.74) is 2.47. The van der Waals surface area contributed by atoms with Gasteiger partial charge in [-0.15, -0.1) is 10.2 Å². The third kappa shape index (κ3) is 3.08. The van der Waals surface area contributed by atoms with Gasteiger partial charge in [0.05, 0.1) is 17.3 Å². The van der Waals surface area contributed by atoms with Crippen LogP contribution in [0.25, 0.3) is 5.82 Å². The minimum absolute atomic E-state index is 0.143. The van der Waals surface area contributed by atoms with Crippen molar-refractivity contribution in [2.75, 3.05) is 12.4 Å². The van der Waals surface area contributed by atoms with E-state index in [0.717, 1.165) is 16.8 Å². The lowest BCUT2D eigenvalue weighted by Crippen LogP contribution is -2.25. The number of hydrogen-bond acceptors (Lipinski definition) is 5. The second kappa shape index (κ2) is 6.73. The molecule has 4 rings (SSSR count). The van der Waals surface area contributed by atoms with Crippen molar-refractivity contribution in [1.82, 2.24) is 20.0 Å². The molecule has 2 aromatic heterocycles. The van der Waals surface area contributed by atoms with E-state index in [0.29, 0.717) is 22.0 Å². The van der Waals surface area contributed by atoms with E-state index in [1.54, 1.807) is 28.9 Å². The predicted octanol–water partition coefficient (Wildman–Crippen LogP) is 3.36. The molecule has 1 N–H and O–H groups in total. The number of rotatable bonds is 3. The van der Waals surface area contributed by atoms with E-state index < -0.39 is 0 Å². The number of benzene rings is 1. The zero-order chi connectivity index (χ0) is 19.1. The first-order valence-corrected chi connectivity index (χ1v) is 8.99. The maximum atomic E-state index is 13.6. The fourth-order valence-corrected chi connectivity index (χ4v) is 3.66. The second-order valence-corrected chi connectivity index (χ2v) is 7.03. The summed E-state index contributed by atoms with van der Waals surface area (Å²) in [6.07, 6.45) is 0.256. The summed E-state index contributed by atoms with van der Waals surface area (Å²) in [5, 5.41) is 15.5. The van der Waals surface area contributed by atoms with Crippen molar-refractivity contribution < 1.29 is 13.9 Å². The van der Waals surface area contributed by atoms with Crippen molar-refractivity contribution in [2.24, 2.45) is 0 Å².